The fourth-order valence-electron chi connectivity index (χ4n) is 3.32. The monoisotopic (exact) mass is 358 g/mol. The molecule has 0 aromatic heterocycles. The molecule has 0 radical (unpaired) electrons. The minimum absolute atomic E-state index is 0.114. The first kappa shape index (κ1) is 18.7. The number of hydrogen-bond donors (Lipinski definition) is 0. The Morgan fingerprint density at radius 2 is 1.62 bits per heavy atom. The molecule has 1 saturated heterocycles. The molecular weight excluding hydrogens is 331 g/mol. The summed E-state index contributed by atoms with van der Waals surface area (Å²) in [5.41, 5.74) is 1.99. The van der Waals surface area contributed by atoms with Gasteiger partial charge in [0, 0.05) is 44.8 Å². The van der Waals surface area contributed by atoms with Crippen LogP contribution in [0.1, 0.15) is 18.1 Å². The van der Waals surface area contributed by atoms with Crippen LogP contribution in [0.2, 0.25) is 0 Å². The zero-order chi connectivity index (χ0) is 18.4. The Balaban J connectivity index is 1.54. The molecular formula is C21H27FN2O2. The van der Waals surface area contributed by atoms with Gasteiger partial charge in [-0.05, 0) is 30.7 Å². The smallest absolute Gasteiger partial charge is 0.161 e. The molecule has 140 valence electrons. The van der Waals surface area contributed by atoms with Gasteiger partial charge in [0.25, 0.3) is 0 Å². The third kappa shape index (κ3) is 4.74. The first-order valence-electron chi connectivity index (χ1n) is 9.17. The first-order valence-corrected chi connectivity index (χ1v) is 9.17. The highest BCUT2D eigenvalue weighted by Crippen LogP contribution is 2.28. The van der Waals surface area contributed by atoms with Crippen molar-refractivity contribution in [1.82, 2.24) is 9.80 Å². The van der Waals surface area contributed by atoms with Gasteiger partial charge in [-0.3, -0.25) is 9.80 Å². The number of nitrogens with zero attached hydrogens (tertiary/aromatic N) is 2. The molecule has 0 bridgehead atoms. The number of hydrogen-bond acceptors (Lipinski definition) is 4. The van der Waals surface area contributed by atoms with E-state index in [1.165, 1.54) is 11.6 Å². The highest BCUT2D eigenvalue weighted by atomic mass is 19.1. The fraction of sp³-hybridized carbons (Fsp3) is 0.429. The van der Waals surface area contributed by atoms with Crippen molar-refractivity contribution < 1.29 is 13.9 Å². The van der Waals surface area contributed by atoms with Gasteiger partial charge >= 0.3 is 0 Å². The second-order valence-corrected chi connectivity index (χ2v) is 6.56. The van der Waals surface area contributed by atoms with Crippen LogP contribution in [0, 0.1) is 5.82 Å². The molecule has 3 rings (SSSR count). The van der Waals surface area contributed by atoms with Crippen LogP contribution in [0.15, 0.2) is 42.5 Å². The summed E-state index contributed by atoms with van der Waals surface area (Å²) in [6, 6.07) is 13.2. The van der Waals surface area contributed by atoms with E-state index in [0.717, 1.165) is 49.8 Å². The second-order valence-electron chi connectivity index (χ2n) is 6.56. The van der Waals surface area contributed by atoms with Crippen molar-refractivity contribution >= 4 is 0 Å². The van der Waals surface area contributed by atoms with Gasteiger partial charge in [-0.2, -0.15) is 0 Å². The number of piperazine rings is 1. The van der Waals surface area contributed by atoms with E-state index in [4.69, 9.17) is 9.47 Å². The lowest BCUT2D eigenvalue weighted by Crippen LogP contribution is -2.45. The molecule has 0 atom stereocenters. The highest BCUT2D eigenvalue weighted by molar-refractivity contribution is 5.43. The van der Waals surface area contributed by atoms with Gasteiger partial charge in [-0.25, -0.2) is 4.39 Å². The Hall–Kier alpha value is -2.11. The van der Waals surface area contributed by atoms with E-state index >= 15 is 0 Å². The van der Waals surface area contributed by atoms with Crippen LogP contribution in [0.5, 0.6) is 11.5 Å². The van der Waals surface area contributed by atoms with E-state index in [1.54, 1.807) is 13.2 Å². The predicted molar refractivity (Wildman–Crippen MR) is 101 cm³/mol. The Morgan fingerprint density at radius 1 is 0.923 bits per heavy atom. The van der Waals surface area contributed by atoms with E-state index in [0.29, 0.717) is 13.2 Å². The molecule has 0 N–H and O–H groups in total. The zero-order valence-corrected chi connectivity index (χ0v) is 15.6. The van der Waals surface area contributed by atoms with Crippen molar-refractivity contribution in [3.63, 3.8) is 0 Å². The van der Waals surface area contributed by atoms with Gasteiger partial charge in [0.05, 0.1) is 13.7 Å². The maximum absolute atomic E-state index is 13.8. The molecule has 0 saturated carbocycles. The second kappa shape index (κ2) is 9.01. The summed E-state index contributed by atoms with van der Waals surface area (Å²) in [6.45, 7) is 8.01. The van der Waals surface area contributed by atoms with E-state index in [2.05, 4.69) is 21.9 Å². The van der Waals surface area contributed by atoms with Crippen LogP contribution >= 0.6 is 0 Å². The van der Waals surface area contributed by atoms with E-state index in [1.807, 2.05) is 25.1 Å². The molecule has 4 nitrogen and oxygen atoms in total. The summed E-state index contributed by atoms with van der Waals surface area (Å²) in [5, 5.41) is 0. The maximum atomic E-state index is 13.8. The van der Waals surface area contributed by atoms with E-state index in [-0.39, 0.29) is 5.82 Å². The third-order valence-corrected chi connectivity index (χ3v) is 4.75. The van der Waals surface area contributed by atoms with Crippen LogP contribution < -0.4 is 9.47 Å². The molecule has 26 heavy (non-hydrogen) atoms. The molecule has 2 aromatic rings. The Bertz CT molecular complexity index is 715. The Labute approximate surface area is 155 Å². The lowest BCUT2D eigenvalue weighted by Gasteiger charge is -2.34. The van der Waals surface area contributed by atoms with Crippen molar-refractivity contribution in [3.05, 3.63) is 59.4 Å². The minimum atomic E-state index is -0.114. The summed E-state index contributed by atoms with van der Waals surface area (Å²) in [4.78, 5) is 4.74. The van der Waals surface area contributed by atoms with Gasteiger partial charge in [-0.15, -0.1) is 0 Å². The molecule has 0 aliphatic carbocycles. The average Bonchev–Trinajstić information content (AvgIpc) is 2.66. The molecule has 1 aliphatic heterocycles. The first-order chi connectivity index (χ1) is 12.7. The molecule has 0 amide bonds. The van der Waals surface area contributed by atoms with Gasteiger partial charge in [0.15, 0.2) is 11.5 Å². The molecule has 1 fully saturated rings. The van der Waals surface area contributed by atoms with Gasteiger partial charge in [-0.1, -0.05) is 24.3 Å². The van der Waals surface area contributed by atoms with Crippen molar-refractivity contribution in [1.29, 1.82) is 0 Å². The SMILES string of the molecule is CCOc1cc(CN2CCN(Cc3ccccc3F)CC2)ccc1OC. The molecule has 2 aromatic carbocycles. The molecule has 0 spiro atoms. The molecule has 1 heterocycles. The van der Waals surface area contributed by atoms with Crippen molar-refractivity contribution in [3.8, 4) is 11.5 Å². The molecule has 1 aliphatic rings. The van der Waals surface area contributed by atoms with Gasteiger partial charge < -0.3 is 9.47 Å². The van der Waals surface area contributed by atoms with E-state index in [9.17, 15) is 4.39 Å². The highest BCUT2D eigenvalue weighted by Gasteiger charge is 2.18. The van der Waals surface area contributed by atoms with Gasteiger partial charge in [0.1, 0.15) is 5.82 Å². The number of rotatable bonds is 7. The summed E-state index contributed by atoms with van der Waals surface area (Å²) < 4.78 is 24.8. The minimum Gasteiger partial charge on any atom is -0.493 e. The summed E-state index contributed by atoms with van der Waals surface area (Å²) in [6.07, 6.45) is 0. The third-order valence-electron chi connectivity index (χ3n) is 4.75. The Morgan fingerprint density at radius 3 is 2.27 bits per heavy atom. The van der Waals surface area contributed by atoms with Crippen LogP contribution in [-0.4, -0.2) is 49.7 Å². The average molecular weight is 358 g/mol. The quantitative estimate of drug-likeness (QED) is 0.756. The zero-order valence-electron chi connectivity index (χ0n) is 15.6. The van der Waals surface area contributed by atoms with E-state index < -0.39 is 0 Å². The normalized spacial score (nSPS) is 15.8. The largest absolute Gasteiger partial charge is 0.493 e. The molecule has 5 heteroatoms. The van der Waals surface area contributed by atoms with Gasteiger partial charge in [0.2, 0.25) is 0 Å². The lowest BCUT2D eigenvalue weighted by atomic mass is 10.1. The standard InChI is InChI=1S/C21H27FN2O2/c1-3-26-21-14-17(8-9-20(21)25-2)15-23-10-12-24(13-11-23)16-18-6-4-5-7-19(18)22/h4-9,14H,3,10-13,15-16H2,1-2H3. The summed E-state index contributed by atoms with van der Waals surface area (Å²) >= 11 is 0. The van der Waals surface area contributed by atoms with Crippen molar-refractivity contribution in [2.24, 2.45) is 0 Å². The number of methoxy groups -OCH3 is 1. The number of ether oxygens (including phenoxy) is 2. The number of halogens is 1. The van der Waals surface area contributed by atoms with Crippen LogP contribution in [0.4, 0.5) is 4.39 Å². The molecule has 0 unspecified atom stereocenters. The topological polar surface area (TPSA) is 24.9 Å². The summed E-state index contributed by atoms with van der Waals surface area (Å²) in [5.74, 6) is 1.45. The maximum Gasteiger partial charge on any atom is 0.161 e. The van der Waals surface area contributed by atoms with Crippen molar-refractivity contribution in [2.75, 3.05) is 39.9 Å². The van der Waals surface area contributed by atoms with Crippen molar-refractivity contribution in [2.45, 2.75) is 20.0 Å². The lowest BCUT2D eigenvalue weighted by molar-refractivity contribution is 0.121. The Kier molecular flexibility index (Phi) is 6.47. The van der Waals surface area contributed by atoms with Crippen LogP contribution in [0.3, 0.4) is 0 Å². The predicted octanol–water partition coefficient (Wildman–Crippen LogP) is 3.55. The summed E-state index contributed by atoms with van der Waals surface area (Å²) in [7, 11) is 1.66. The van der Waals surface area contributed by atoms with Crippen LogP contribution in [0.25, 0.3) is 0 Å². The number of benzene rings is 2. The van der Waals surface area contributed by atoms with Crippen LogP contribution in [-0.2, 0) is 13.1 Å². The fourth-order valence-corrected chi connectivity index (χ4v) is 3.32.